The fraction of sp³-hybridized carbons (Fsp3) is 1.00. The van der Waals surface area contributed by atoms with Crippen molar-refractivity contribution >= 4 is 12.4 Å². The summed E-state index contributed by atoms with van der Waals surface area (Å²) in [6, 6.07) is 0.627. The molecular formula is C11H20ClF3N2O. The van der Waals surface area contributed by atoms with Crippen LogP contribution in [-0.2, 0) is 4.74 Å². The van der Waals surface area contributed by atoms with Crippen LogP contribution in [0.5, 0.6) is 0 Å². The van der Waals surface area contributed by atoms with Crippen molar-refractivity contribution in [3.05, 3.63) is 0 Å². The molecule has 0 aromatic carbocycles. The highest BCUT2D eigenvalue weighted by atomic mass is 35.5. The number of piperidine rings is 1. The number of fused-ring (bicyclic) bond motifs is 1. The van der Waals surface area contributed by atoms with E-state index in [9.17, 15) is 13.2 Å². The smallest absolute Gasteiger partial charge is 0.371 e. The molecule has 1 N–H and O–H groups in total. The number of ether oxygens (including phenoxy) is 1. The first-order valence-electron chi connectivity index (χ1n) is 6.15. The Labute approximate surface area is 111 Å². The van der Waals surface area contributed by atoms with Gasteiger partial charge in [0.2, 0.25) is 0 Å². The molecule has 108 valence electrons. The number of hydrogen-bond donors (Lipinski definition) is 1. The van der Waals surface area contributed by atoms with Crippen LogP contribution in [0.2, 0.25) is 0 Å². The number of likely N-dealkylation sites (tertiary alicyclic amines) is 1. The molecule has 2 fully saturated rings. The van der Waals surface area contributed by atoms with E-state index in [1.54, 1.807) is 0 Å². The van der Waals surface area contributed by atoms with Crippen molar-refractivity contribution < 1.29 is 17.9 Å². The predicted molar refractivity (Wildman–Crippen MR) is 65.1 cm³/mol. The molecule has 0 aromatic heterocycles. The third-order valence-electron chi connectivity index (χ3n) is 3.56. The summed E-state index contributed by atoms with van der Waals surface area (Å²) in [6.07, 6.45) is -1.92. The number of halogens is 4. The minimum absolute atomic E-state index is 0. The Kier molecular flexibility index (Phi) is 6.17. The minimum atomic E-state index is -4.21. The van der Waals surface area contributed by atoms with E-state index in [1.807, 2.05) is 0 Å². The van der Waals surface area contributed by atoms with Gasteiger partial charge < -0.3 is 15.0 Å². The van der Waals surface area contributed by atoms with Crippen molar-refractivity contribution in [2.24, 2.45) is 5.92 Å². The fourth-order valence-corrected chi connectivity index (χ4v) is 2.71. The Hall–Kier alpha value is -0.0400. The highest BCUT2D eigenvalue weighted by molar-refractivity contribution is 5.85. The van der Waals surface area contributed by atoms with Gasteiger partial charge in [-0.25, -0.2) is 0 Å². The average Bonchev–Trinajstić information content (AvgIpc) is 2.70. The van der Waals surface area contributed by atoms with Gasteiger partial charge in [0.05, 0.1) is 6.61 Å². The van der Waals surface area contributed by atoms with Gasteiger partial charge in [-0.2, -0.15) is 13.2 Å². The monoisotopic (exact) mass is 288 g/mol. The second kappa shape index (κ2) is 6.93. The molecule has 0 saturated carbocycles. The van der Waals surface area contributed by atoms with Gasteiger partial charge in [0.15, 0.2) is 0 Å². The van der Waals surface area contributed by atoms with Gasteiger partial charge in [-0.1, -0.05) is 0 Å². The molecule has 2 heterocycles. The molecule has 2 saturated heterocycles. The molecule has 2 aliphatic rings. The first kappa shape index (κ1) is 16.0. The average molecular weight is 289 g/mol. The number of alkyl halides is 3. The summed E-state index contributed by atoms with van der Waals surface area (Å²) >= 11 is 0. The van der Waals surface area contributed by atoms with E-state index in [2.05, 4.69) is 15.0 Å². The topological polar surface area (TPSA) is 24.5 Å². The lowest BCUT2D eigenvalue weighted by Gasteiger charge is -2.34. The van der Waals surface area contributed by atoms with Crippen LogP contribution < -0.4 is 5.32 Å². The Balaban J connectivity index is 0.00000162. The van der Waals surface area contributed by atoms with Crippen LogP contribution in [0, 0.1) is 5.92 Å². The highest BCUT2D eigenvalue weighted by Crippen LogP contribution is 2.24. The first-order valence-corrected chi connectivity index (χ1v) is 6.15. The number of nitrogens with zero attached hydrogens (tertiary/aromatic N) is 1. The molecule has 2 atom stereocenters. The lowest BCUT2D eigenvalue weighted by Crippen LogP contribution is -2.45. The first-order chi connectivity index (χ1) is 8.04. The molecule has 2 rings (SSSR count). The van der Waals surface area contributed by atoms with Crippen LogP contribution >= 0.6 is 12.4 Å². The van der Waals surface area contributed by atoms with E-state index in [0.717, 1.165) is 26.1 Å². The Morgan fingerprint density at radius 3 is 2.78 bits per heavy atom. The molecular weight excluding hydrogens is 269 g/mol. The molecule has 2 aliphatic heterocycles. The van der Waals surface area contributed by atoms with Crippen LogP contribution in [0.25, 0.3) is 0 Å². The maximum atomic E-state index is 11.9. The molecule has 0 amide bonds. The molecule has 0 bridgehead atoms. The normalized spacial score (nSPS) is 28.8. The zero-order chi connectivity index (χ0) is 12.3. The number of hydrogen-bond acceptors (Lipinski definition) is 3. The van der Waals surface area contributed by atoms with Gasteiger partial charge in [0.1, 0.15) is 6.61 Å². The van der Waals surface area contributed by atoms with Gasteiger partial charge >= 0.3 is 6.18 Å². The van der Waals surface area contributed by atoms with E-state index in [4.69, 9.17) is 0 Å². The van der Waals surface area contributed by atoms with Gasteiger partial charge in [-0.15, -0.1) is 12.4 Å². The molecule has 18 heavy (non-hydrogen) atoms. The van der Waals surface area contributed by atoms with Crippen molar-refractivity contribution in [2.75, 3.05) is 39.4 Å². The third-order valence-corrected chi connectivity index (χ3v) is 3.56. The van der Waals surface area contributed by atoms with Crippen LogP contribution in [0.1, 0.15) is 12.8 Å². The minimum Gasteiger partial charge on any atom is -0.371 e. The molecule has 0 spiro atoms. The molecule has 3 nitrogen and oxygen atoms in total. The summed E-state index contributed by atoms with van der Waals surface area (Å²) in [5.41, 5.74) is 0. The quantitative estimate of drug-likeness (QED) is 0.797. The number of nitrogens with one attached hydrogen (secondary N) is 1. The summed E-state index contributed by atoms with van der Waals surface area (Å²) in [4.78, 5) is 2.21. The largest absolute Gasteiger partial charge is 0.411 e. The fourth-order valence-electron chi connectivity index (χ4n) is 2.71. The molecule has 0 aliphatic carbocycles. The second-order valence-electron chi connectivity index (χ2n) is 4.87. The summed E-state index contributed by atoms with van der Waals surface area (Å²) in [7, 11) is 0. The van der Waals surface area contributed by atoms with Gasteiger partial charge in [-0.05, 0) is 31.8 Å². The molecule has 0 aromatic rings. The SMILES string of the molecule is Cl.FC(F)(F)COCCN1CCC2NCCC2C1. The van der Waals surface area contributed by atoms with Crippen LogP contribution in [0.3, 0.4) is 0 Å². The van der Waals surface area contributed by atoms with E-state index in [1.165, 1.54) is 6.42 Å². The van der Waals surface area contributed by atoms with Gasteiger partial charge in [-0.3, -0.25) is 0 Å². The van der Waals surface area contributed by atoms with Crippen molar-refractivity contribution in [2.45, 2.75) is 25.1 Å². The maximum absolute atomic E-state index is 11.9. The van der Waals surface area contributed by atoms with Crippen LogP contribution in [-0.4, -0.2) is 56.5 Å². The zero-order valence-corrected chi connectivity index (χ0v) is 11.0. The molecule has 7 heteroatoms. The van der Waals surface area contributed by atoms with Crippen LogP contribution in [0.15, 0.2) is 0 Å². The summed E-state index contributed by atoms with van der Waals surface area (Å²) in [5.74, 6) is 0.673. The highest BCUT2D eigenvalue weighted by Gasteiger charge is 2.32. The van der Waals surface area contributed by atoms with Crippen molar-refractivity contribution in [1.82, 2.24) is 10.2 Å². The Bertz CT molecular complexity index is 253. The Morgan fingerprint density at radius 1 is 1.28 bits per heavy atom. The third kappa shape index (κ3) is 4.91. The predicted octanol–water partition coefficient (Wildman–Crippen LogP) is 1.67. The van der Waals surface area contributed by atoms with Crippen molar-refractivity contribution in [3.63, 3.8) is 0 Å². The Morgan fingerprint density at radius 2 is 2.06 bits per heavy atom. The standard InChI is InChI=1S/C11H19F3N2O.ClH/c12-11(13,14)8-17-6-5-16-4-2-10-9(7-16)1-3-15-10;/h9-10,15H,1-8H2;1H. The second-order valence-corrected chi connectivity index (χ2v) is 4.87. The summed E-state index contributed by atoms with van der Waals surface area (Å²) in [5, 5.41) is 3.46. The van der Waals surface area contributed by atoms with E-state index in [0.29, 0.717) is 18.5 Å². The van der Waals surface area contributed by atoms with E-state index >= 15 is 0 Å². The lowest BCUT2D eigenvalue weighted by molar-refractivity contribution is -0.174. The molecule has 2 unspecified atom stereocenters. The van der Waals surface area contributed by atoms with E-state index < -0.39 is 12.8 Å². The summed E-state index contributed by atoms with van der Waals surface area (Å²) < 4.78 is 40.2. The van der Waals surface area contributed by atoms with Gasteiger partial charge in [0.25, 0.3) is 0 Å². The van der Waals surface area contributed by atoms with E-state index in [-0.39, 0.29) is 19.0 Å². The van der Waals surface area contributed by atoms with Crippen molar-refractivity contribution in [3.8, 4) is 0 Å². The maximum Gasteiger partial charge on any atom is 0.411 e. The number of rotatable bonds is 4. The zero-order valence-electron chi connectivity index (χ0n) is 10.2. The summed E-state index contributed by atoms with van der Waals surface area (Å²) in [6.45, 7) is 2.68. The molecule has 0 radical (unpaired) electrons. The van der Waals surface area contributed by atoms with Gasteiger partial charge in [0, 0.05) is 19.1 Å². The van der Waals surface area contributed by atoms with Crippen molar-refractivity contribution in [1.29, 1.82) is 0 Å². The van der Waals surface area contributed by atoms with Crippen LogP contribution in [0.4, 0.5) is 13.2 Å². The lowest BCUT2D eigenvalue weighted by atomic mass is 9.93.